The Morgan fingerprint density at radius 2 is 2.00 bits per heavy atom. The van der Waals surface area contributed by atoms with Gasteiger partial charge in [-0.05, 0) is 25.5 Å². The standard InChI is InChI=1S/C21H20ClF3N4O3S2/c1-11(28-18(32)15-10-27-19(34-15)12-3-2-4-13(22)9-12)17(31)29-14(5-6-21(23,24)25)16(30)20-26-7-8-33-20/h2-4,7-11,14,16,30H,5-6H2,1H3,(H,28,32)(H,29,31)/t11-,14-,16?/m0/s1. The molecule has 3 N–H and O–H groups in total. The normalized spacial score (nSPS) is 14.3. The molecule has 7 nitrogen and oxygen atoms in total. The lowest BCUT2D eigenvalue weighted by molar-refractivity contribution is -0.140. The number of hydrogen-bond donors (Lipinski definition) is 3. The molecule has 13 heteroatoms. The van der Waals surface area contributed by atoms with Gasteiger partial charge in [0.15, 0.2) is 0 Å². The molecule has 1 aromatic carbocycles. The first-order valence-corrected chi connectivity index (χ1v) is 12.1. The minimum Gasteiger partial charge on any atom is -0.384 e. The summed E-state index contributed by atoms with van der Waals surface area (Å²) in [5.74, 6) is -1.31. The average molecular weight is 533 g/mol. The molecule has 3 atom stereocenters. The van der Waals surface area contributed by atoms with Crippen LogP contribution in [0.15, 0.2) is 42.0 Å². The van der Waals surface area contributed by atoms with E-state index in [1.165, 1.54) is 19.3 Å². The summed E-state index contributed by atoms with van der Waals surface area (Å²) in [6, 6.07) is 4.63. The smallest absolute Gasteiger partial charge is 0.384 e. The van der Waals surface area contributed by atoms with Gasteiger partial charge in [0.05, 0.1) is 12.2 Å². The number of amides is 2. The van der Waals surface area contributed by atoms with Crippen molar-refractivity contribution in [2.24, 2.45) is 0 Å². The molecule has 0 fully saturated rings. The van der Waals surface area contributed by atoms with Crippen molar-refractivity contribution in [1.29, 1.82) is 0 Å². The highest BCUT2D eigenvalue weighted by molar-refractivity contribution is 7.16. The average Bonchev–Trinajstić information content (AvgIpc) is 3.48. The highest BCUT2D eigenvalue weighted by atomic mass is 35.5. The second-order valence-corrected chi connectivity index (χ2v) is 9.71. The Hall–Kier alpha value is -2.54. The minimum atomic E-state index is -4.46. The molecule has 0 radical (unpaired) electrons. The molecule has 0 saturated heterocycles. The maximum Gasteiger partial charge on any atom is 0.389 e. The van der Waals surface area contributed by atoms with Crippen molar-refractivity contribution >= 4 is 46.1 Å². The summed E-state index contributed by atoms with van der Waals surface area (Å²) in [5.41, 5.74) is 0.728. The topological polar surface area (TPSA) is 104 Å². The number of carbonyl (C=O) groups is 2. The Balaban J connectivity index is 1.64. The van der Waals surface area contributed by atoms with Gasteiger partial charge in [0, 0.05) is 28.6 Å². The third-order valence-corrected chi connectivity index (χ3v) is 6.82. The summed E-state index contributed by atoms with van der Waals surface area (Å²) in [6.45, 7) is 1.39. The van der Waals surface area contributed by atoms with Crippen molar-refractivity contribution in [3.05, 3.63) is 56.9 Å². The lowest BCUT2D eigenvalue weighted by Gasteiger charge is -2.25. The fraction of sp³-hybridized carbons (Fsp3) is 0.333. The van der Waals surface area contributed by atoms with E-state index in [0.717, 1.165) is 28.2 Å². The number of carbonyl (C=O) groups excluding carboxylic acids is 2. The van der Waals surface area contributed by atoms with E-state index < -0.39 is 49.0 Å². The van der Waals surface area contributed by atoms with Crippen LogP contribution in [-0.4, -0.2) is 45.1 Å². The van der Waals surface area contributed by atoms with Gasteiger partial charge < -0.3 is 15.7 Å². The summed E-state index contributed by atoms with van der Waals surface area (Å²) in [6.07, 6.45) is -4.86. The Kier molecular flexibility index (Phi) is 8.63. The molecule has 0 aliphatic carbocycles. The van der Waals surface area contributed by atoms with Crippen LogP contribution in [0.2, 0.25) is 5.02 Å². The molecule has 3 aromatic rings. The molecule has 2 aromatic heterocycles. The van der Waals surface area contributed by atoms with Crippen LogP contribution in [0.5, 0.6) is 0 Å². The molecule has 0 aliphatic rings. The summed E-state index contributed by atoms with van der Waals surface area (Å²) in [5, 5.41) is 18.2. The zero-order valence-corrected chi connectivity index (χ0v) is 20.1. The van der Waals surface area contributed by atoms with Gasteiger partial charge in [-0.1, -0.05) is 23.7 Å². The molecule has 0 aliphatic heterocycles. The maximum atomic E-state index is 12.7. The third-order valence-electron chi connectivity index (χ3n) is 4.69. The van der Waals surface area contributed by atoms with Gasteiger partial charge in [-0.25, -0.2) is 9.97 Å². The van der Waals surface area contributed by atoms with E-state index in [2.05, 4.69) is 20.6 Å². The molecule has 34 heavy (non-hydrogen) atoms. The number of aromatic nitrogens is 2. The van der Waals surface area contributed by atoms with Crippen LogP contribution in [0.3, 0.4) is 0 Å². The van der Waals surface area contributed by atoms with E-state index in [0.29, 0.717) is 10.0 Å². The maximum absolute atomic E-state index is 12.7. The van der Waals surface area contributed by atoms with E-state index in [1.807, 2.05) is 0 Å². The number of thiazole rings is 2. The fourth-order valence-corrected chi connectivity index (χ4v) is 4.65. The van der Waals surface area contributed by atoms with Gasteiger partial charge in [-0.15, -0.1) is 22.7 Å². The van der Waals surface area contributed by atoms with Crippen molar-refractivity contribution in [1.82, 2.24) is 20.6 Å². The molecule has 2 amide bonds. The molecular weight excluding hydrogens is 513 g/mol. The third kappa shape index (κ3) is 7.23. The lowest BCUT2D eigenvalue weighted by atomic mass is 10.0. The van der Waals surface area contributed by atoms with Crippen molar-refractivity contribution in [2.75, 3.05) is 0 Å². The molecule has 3 rings (SSSR count). The van der Waals surface area contributed by atoms with Crippen molar-refractivity contribution < 1.29 is 27.9 Å². The number of halogens is 4. The predicted octanol–water partition coefficient (Wildman–Crippen LogP) is 4.60. The van der Waals surface area contributed by atoms with Crippen molar-refractivity contribution in [2.45, 2.75) is 44.1 Å². The minimum absolute atomic E-state index is 0.183. The zero-order chi connectivity index (χ0) is 24.9. The Morgan fingerprint density at radius 1 is 1.24 bits per heavy atom. The molecule has 1 unspecified atom stereocenters. The molecule has 0 spiro atoms. The van der Waals surface area contributed by atoms with E-state index >= 15 is 0 Å². The van der Waals surface area contributed by atoms with Gasteiger partial charge in [-0.3, -0.25) is 9.59 Å². The van der Waals surface area contributed by atoms with E-state index in [1.54, 1.807) is 29.6 Å². The number of hydrogen-bond acceptors (Lipinski definition) is 7. The van der Waals surface area contributed by atoms with Crippen LogP contribution in [0, 0.1) is 0 Å². The van der Waals surface area contributed by atoms with Crippen molar-refractivity contribution in [3.63, 3.8) is 0 Å². The van der Waals surface area contributed by atoms with Gasteiger partial charge >= 0.3 is 6.18 Å². The summed E-state index contributed by atoms with van der Waals surface area (Å²) in [4.78, 5) is 33.6. The summed E-state index contributed by atoms with van der Waals surface area (Å²) in [7, 11) is 0. The number of benzene rings is 1. The quantitative estimate of drug-likeness (QED) is 0.374. The van der Waals surface area contributed by atoms with Crippen LogP contribution in [0.25, 0.3) is 10.6 Å². The van der Waals surface area contributed by atoms with Crippen LogP contribution in [0.4, 0.5) is 13.2 Å². The highest BCUT2D eigenvalue weighted by Crippen LogP contribution is 2.29. The van der Waals surface area contributed by atoms with Crippen LogP contribution in [0.1, 0.15) is 40.5 Å². The second kappa shape index (κ2) is 11.3. The lowest BCUT2D eigenvalue weighted by Crippen LogP contribution is -2.49. The van der Waals surface area contributed by atoms with Crippen LogP contribution in [-0.2, 0) is 4.79 Å². The Bertz CT molecular complexity index is 1120. The number of alkyl halides is 3. The van der Waals surface area contributed by atoms with Crippen molar-refractivity contribution in [3.8, 4) is 10.6 Å². The first-order valence-electron chi connectivity index (χ1n) is 10.0. The SMILES string of the molecule is C[C@H](NC(=O)c1cnc(-c2cccc(Cl)c2)s1)C(=O)N[C@@H](CCC(F)(F)F)C(O)c1nccs1. The number of rotatable bonds is 9. The molecule has 0 saturated carbocycles. The van der Waals surface area contributed by atoms with Gasteiger partial charge in [0.2, 0.25) is 5.91 Å². The first kappa shape index (κ1) is 26.1. The fourth-order valence-electron chi connectivity index (χ4n) is 2.96. The number of nitrogens with zero attached hydrogens (tertiary/aromatic N) is 2. The molecule has 2 heterocycles. The Labute approximate surface area is 206 Å². The van der Waals surface area contributed by atoms with Crippen LogP contribution < -0.4 is 10.6 Å². The van der Waals surface area contributed by atoms with Gasteiger partial charge in [0.1, 0.15) is 27.0 Å². The van der Waals surface area contributed by atoms with E-state index in [-0.39, 0.29) is 9.88 Å². The van der Waals surface area contributed by atoms with Crippen LogP contribution >= 0.6 is 34.3 Å². The number of aliphatic hydroxyl groups is 1. The monoisotopic (exact) mass is 532 g/mol. The predicted molar refractivity (Wildman–Crippen MR) is 124 cm³/mol. The summed E-state index contributed by atoms with van der Waals surface area (Å²) < 4.78 is 38.2. The highest BCUT2D eigenvalue weighted by Gasteiger charge is 2.33. The number of nitrogens with one attached hydrogen (secondary N) is 2. The van der Waals surface area contributed by atoms with Gasteiger partial charge in [0.25, 0.3) is 5.91 Å². The summed E-state index contributed by atoms with van der Waals surface area (Å²) >= 11 is 8.14. The zero-order valence-electron chi connectivity index (χ0n) is 17.7. The molecule has 0 bridgehead atoms. The van der Waals surface area contributed by atoms with E-state index in [4.69, 9.17) is 11.6 Å². The van der Waals surface area contributed by atoms with E-state index in [9.17, 15) is 27.9 Å². The van der Waals surface area contributed by atoms with Gasteiger partial charge in [-0.2, -0.15) is 13.2 Å². The number of aliphatic hydroxyl groups excluding tert-OH is 1. The first-order chi connectivity index (χ1) is 16.0. The molecular formula is C21H20ClF3N4O3S2. The second-order valence-electron chi connectivity index (χ2n) is 7.32. The largest absolute Gasteiger partial charge is 0.389 e. The Morgan fingerprint density at radius 3 is 2.65 bits per heavy atom. The molecule has 182 valence electrons.